The second-order valence-electron chi connectivity index (χ2n) is 9.95. The average molecular weight is 472 g/mol. The number of aliphatic hydroxyl groups is 1. The number of aliphatic hydroxyl groups excluding tert-OH is 1. The third-order valence-electron chi connectivity index (χ3n) is 7.25. The van der Waals surface area contributed by atoms with Crippen molar-refractivity contribution in [3.8, 4) is 0 Å². The largest absolute Gasteiger partial charge is 0.383 e. The van der Waals surface area contributed by atoms with E-state index in [0.29, 0.717) is 38.6 Å². The number of rotatable bonds is 10. The van der Waals surface area contributed by atoms with Crippen LogP contribution in [0.5, 0.6) is 0 Å². The van der Waals surface area contributed by atoms with Crippen LogP contribution in [0.3, 0.4) is 0 Å². The van der Waals surface area contributed by atoms with Gasteiger partial charge in [-0.2, -0.15) is 0 Å². The Morgan fingerprint density at radius 2 is 1.56 bits per heavy atom. The molecule has 4 nitrogen and oxygen atoms in total. The number of carbonyl (C=O) groups excluding carboxylic acids is 2. The van der Waals surface area contributed by atoms with E-state index in [-0.39, 0.29) is 29.2 Å². The molecule has 0 bridgehead atoms. The van der Waals surface area contributed by atoms with E-state index in [1.807, 2.05) is 20.8 Å². The van der Waals surface area contributed by atoms with Gasteiger partial charge in [-0.25, -0.2) is 8.78 Å². The molecule has 2 aromatic rings. The van der Waals surface area contributed by atoms with Crippen molar-refractivity contribution in [1.82, 2.24) is 4.90 Å². The van der Waals surface area contributed by atoms with Crippen LogP contribution in [0.2, 0.25) is 0 Å². The summed E-state index contributed by atoms with van der Waals surface area (Å²) in [5, 5.41) is 10.6. The fraction of sp³-hybridized carbons (Fsp3) is 0.500. The maximum Gasteiger partial charge on any atom is 0.252 e. The highest BCUT2D eigenvalue weighted by atomic mass is 19.1. The van der Waals surface area contributed by atoms with Crippen LogP contribution in [0.25, 0.3) is 0 Å². The Morgan fingerprint density at radius 1 is 1.03 bits per heavy atom. The number of hydrogen-bond donors (Lipinski definition) is 1. The van der Waals surface area contributed by atoms with Gasteiger partial charge < -0.3 is 10.0 Å². The summed E-state index contributed by atoms with van der Waals surface area (Å²) in [6, 6.07) is 12.0. The van der Waals surface area contributed by atoms with Gasteiger partial charge in [-0.05, 0) is 72.9 Å². The summed E-state index contributed by atoms with van der Waals surface area (Å²) in [7, 11) is 0. The van der Waals surface area contributed by atoms with Crippen LogP contribution in [0, 0.1) is 17.0 Å². The maximum absolute atomic E-state index is 13.4. The van der Waals surface area contributed by atoms with Gasteiger partial charge in [0.2, 0.25) is 0 Å². The molecule has 6 heteroatoms. The third-order valence-corrected chi connectivity index (χ3v) is 7.25. The second-order valence-corrected chi connectivity index (χ2v) is 9.95. The highest BCUT2D eigenvalue weighted by Gasteiger charge is 2.40. The molecule has 184 valence electrons. The molecule has 1 heterocycles. The minimum Gasteiger partial charge on any atom is -0.383 e. The van der Waals surface area contributed by atoms with Crippen molar-refractivity contribution in [2.75, 3.05) is 6.54 Å². The molecule has 2 aromatic carbocycles. The molecule has 2 unspecified atom stereocenters. The zero-order valence-electron chi connectivity index (χ0n) is 20.3. The number of hydrogen-bond acceptors (Lipinski definition) is 3. The summed E-state index contributed by atoms with van der Waals surface area (Å²) >= 11 is 0. The molecule has 0 aromatic heterocycles. The zero-order valence-corrected chi connectivity index (χ0v) is 20.3. The van der Waals surface area contributed by atoms with Crippen LogP contribution in [0.1, 0.15) is 76.3 Å². The molecule has 1 fully saturated rings. The smallest absolute Gasteiger partial charge is 0.252 e. The van der Waals surface area contributed by atoms with Gasteiger partial charge in [0.15, 0.2) is 5.78 Å². The normalized spacial score (nSPS) is 17.3. The predicted octanol–water partition coefficient (Wildman–Crippen LogP) is 5.62. The van der Waals surface area contributed by atoms with E-state index in [1.165, 1.54) is 24.3 Å². The lowest BCUT2D eigenvalue weighted by atomic mass is 9.83. The van der Waals surface area contributed by atoms with Gasteiger partial charge in [0, 0.05) is 18.9 Å². The molecule has 0 radical (unpaired) electrons. The van der Waals surface area contributed by atoms with Crippen molar-refractivity contribution in [3.63, 3.8) is 0 Å². The molecular weight excluding hydrogens is 436 g/mol. The number of amides is 1. The van der Waals surface area contributed by atoms with Crippen LogP contribution in [-0.4, -0.2) is 40.4 Å². The molecule has 1 N–H and O–H groups in total. The molecule has 1 aliphatic rings. The Morgan fingerprint density at radius 3 is 2.06 bits per heavy atom. The molecule has 0 saturated carbocycles. The van der Waals surface area contributed by atoms with E-state index in [1.54, 1.807) is 29.2 Å². The van der Waals surface area contributed by atoms with Gasteiger partial charge in [0.1, 0.15) is 17.7 Å². The van der Waals surface area contributed by atoms with Gasteiger partial charge in [0.25, 0.3) is 5.91 Å². The van der Waals surface area contributed by atoms with Gasteiger partial charge in [-0.15, -0.1) is 0 Å². The molecule has 0 aliphatic carbocycles. The van der Waals surface area contributed by atoms with E-state index in [2.05, 4.69) is 0 Å². The van der Waals surface area contributed by atoms with Crippen LogP contribution >= 0.6 is 0 Å². The number of nitrogens with zero attached hydrogens (tertiary/aromatic N) is 1. The lowest BCUT2D eigenvalue weighted by Crippen LogP contribution is -2.49. The minimum atomic E-state index is -1.13. The number of Topliss-reactive ketones (excluding diaryl/α,β-unsaturated/α-hetero) is 1. The third kappa shape index (κ3) is 6.09. The molecule has 34 heavy (non-hydrogen) atoms. The van der Waals surface area contributed by atoms with Crippen LogP contribution in [0.4, 0.5) is 8.78 Å². The molecule has 2 atom stereocenters. The SMILES string of the molecule is CCC(C)(C)C(O)C(=O)N1CCCC1C(=O)CCCC(c1ccc(F)cc1)c1ccc(F)cc1. The van der Waals surface area contributed by atoms with Gasteiger partial charge >= 0.3 is 0 Å². The Labute approximate surface area is 201 Å². The summed E-state index contributed by atoms with van der Waals surface area (Å²) in [5.74, 6) is -1.10. The highest BCUT2D eigenvalue weighted by Crippen LogP contribution is 2.32. The Balaban J connectivity index is 1.66. The summed E-state index contributed by atoms with van der Waals surface area (Å²) < 4.78 is 26.9. The fourth-order valence-electron chi connectivity index (χ4n) is 4.61. The Hall–Kier alpha value is -2.60. The molecule has 1 saturated heterocycles. The first-order chi connectivity index (χ1) is 16.1. The summed E-state index contributed by atoms with van der Waals surface area (Å²) in [6.07, 6.45) is 2.40. The number of halogens is 2. The van der Waals surface area contributed by atoms with E-state index in [4.69, 9.17) is 0 Å². The van der Waals surface area contributed by atoms with Crippen LogP contribution in [-0.2, 0) is 9.59 Å². The van der Waals surface area contributed by atoms with Crippen molar-refractivity contribution in [2.24, 2.45) is 5.41 Å². The van der Waals surface area contributed by atoms with Gasteiger partial charge in [-0.3, -0.25) is 9.59 Å². The number of carbonyl (C=O) groups is 2. The van der Waals surface area contributed by atoms with Gasteiger partial charge in [-0.1, -0.05) is 45.0 Å². The first-order valence-corrected chi connectivity index (χ1v) is 12.2. The molecule has 1 amide bonds. The summed E-state index contributed by atoms with van der Waals surface area (Å²) in [4.78, 5) is 27.6. The number of ketones is 1. The molecular formula is C28H35F2NO3. The van der Waals surface area contributed by atoms with E-state index in [9.17, 15) is 23.5 Å². The Bertz CT molecular complexity index is 927. The van der Waals surface area contributed by atoms with Crippen molar-refractivity contribution < 1.29 is 23.5 Å². The first-order valence-electron chi connectivity index (χ1n) is 12.2. The minimum absolute atomic E-state index is 0.00400. The van der Waals surface area contributed by atoms with Crippen LogP contribution < -0.4 is 0 Å². The standard InChI is InChI=1S/C28H35F2NO3/c1-4-28(2,3)26(33)27(34)31-18-6-8-24(31)25(32)9-5-7-23(19-10-14-21(29)15-11-19)20-12-16-22(30)17-13-20/h10-17,23-24,26,33H,4-9,18H2,1-3H3. The van der Waals surface area contributed by atoms with Crippen molar-refractivity contribution >= 4 is 11.7 Å². The molecule has 1 aliphatic heterocycles. The predicted molar refractivity (Wildman–Crippen MR) is 128 cm³/mol. The fourth-order valence-corrected chi connectivity index (χ4v) is 4.61. The maximum atomic E-state index is 13.4. The van der Waals surface area contributed by atoms with Crippen LogP contribution in [0.15, 0.2) is 48.5 Å². The lowest BCUT2D eigenvalue weighted by molar-refractivity contribution is -0.150. The zero-order chi connectivity index (χ0) is 24.9. The monoisotopic (exact) mass is 471 g/mol. The van der Waals surface area contributed by atoms with E-state index in [0.717, 1.165) is 17.5 Å². The quantitative estimate of drug-likeness (QED) is 0.489. The first kappa shape index (κ1) is 26.0. The average Bonchev–Trinajstić information content (AvgIpc) is 3.32. The van der Waals surface area contributed by atoms with E-state index < -0.39 is 17.6 Å². The van der Waals surface area contributed by atoms with Crippen molar-refractivity contribution in [2.45, 2.75) is 77.4 Å². The van der Waals surface area contributed by atoms with E-state index >= 15 is 0 Å². The lowest BCUT2D eigenvalue weighted by Gasteiger charge is -2.33. The topological polar surface area (TPSA) is 57.6 Å². The number of likely N-dealkylation sites (tertiary alicyclic amines) is 1. The highest BCUT2D eigenvalue weighted by molar-refractivity contribution is 5.91. The van der Waals surface area contributed by atoms with Gasteiger partial charge in [0.05, 0.1) is 6.04 Å². The molecule has 3 rings (SSSR count). The van der Waals surface area contributed by atoms with Crippen molar-refractivity contribution in [1.29, 1.82) is 0 Å². The summed E-state index contributed by atoms with van der Waals surface area (Å²) in [6.45, 7) is 6.13. The number of benzene rings is 2. The van der Waals surface area contributed by atoms with Crippen molar-refractivity contribution in [3.05, 3.63) is 71.3 Å². The second kappa shape index (κ2) is 11.2. The molecule has 0 spiro atoms. The Kier molecular flexibility index (Phi) is 8.58. The summed E-state index contributed by atoms with van der Waals surface area (Å²) in [5.41, 5.74) is 1.26.